The van der Waals surface area contributed by atoms with E-state index in [0.717, 1.165) is 31.6 Å². The lowest BCUT2D eigenvalue weighted by atomic mass is 10.0. The summed E-state index contributed by atoms with van der Waals surface area (Å²) in [4.78, 5) is 2.26. The van der Waals surface area contributed by atoms with Gasteiger partial charge in [-0.25, -0.2) is 0 Å². The molecule has 2 heteroatoms. The lowest BCUT2D eigenvalue weighted by Gasteiger charge is -2.15. The van der Waals surface area contributed by atoms with Crippen molar-refractivity contribution < 1.29 is 0 Å². The standard InChI is InChI=1S/C12H16N2/c1-2-14-7-5-10-3-4-12(13)9-11(10)6-8-14/h2-4,9H,1,5-8,13H2. The second-order valence-electron chi connectivity index (χ2n) is 3.75. The second-order valence-corrected chi connectivity index (χ2v) is 3.75. The topological polar surface area (TPSA) is 29.3 Å². The van der Waals surface area contributed by atoms with Crippen molar-refractivity contribution in [2.75, 3.05) is 18.8 Å². The number of nitrogens with zero attached hydrogens (tertiary/aromatic N) is 1. The summed E-state index contributed by atoms with van der Waals surface area (Å²) >= 11 is 0. The number of hydrogen-bond donors (Lipinski definition) is 1. The highest BCUT2D eigenvalue weighted by atomic mass is 15.1. The zero-order valence-electron chi connectivity index (χ0n) is 8.37. The number of hydrogen-bond acceptors (Lipinski definition) is 2. The van der Waals surface area contributed by atoms with Gasteiger partial charge in [0.15, 0.2) is 0 Å². The van der Waals surface area contributed by atoms with Gasteiger partial charge in [0, 0.05) is 25.3 Å². The van der Waals surface area contributed by atoms with Gasteiger partial charge in [-0.05, 0) is 43.0 Å². The van der Waals surface area contributed by atoms with Gasteiger partial charge in [-0.1, -0.05) is 6.07 Å². The van der Waals surface area contributed by atoms with Crippen molar-refractivity contribution in [3.63, 3.8) is 0 Å². The minimum absolute atomic E-state index is 0.871. The first-order valence-electron chi connectivity index (χ1n) is 5.03. The molecule has 0 unspecified atom stereocenters. The van der Waals surface area contributed by atoms with E-state index in [2.05, 4.69) is 24.0 Å². The minimum atomic E-state index is 0.871. The van der Waals surface area contributed by atoms with Crippen molar-refractivity contribution in [2.45, 2.75) is 12.8 Å². The molecule has 2 nitrogen and oxygen atoms in total. The maximum atomic E-state index is 5.77. The molecule has 1 aromatic carbocycles. The Morgan fingerprint density at radius 3 is 2.64 bits per heavy atom. The van der Waals surface area contributed by atoms with Gasteiger partial charge in [-0.3, -0.25) is 4.90 Å². The zero-order valence-corrected chi connectivity index (χ0v) is 8.37. The summed E-state index contributed by atoms with van der Waals surface area (Å²) in [5, 5.41) is 0. The molecule has 2 radical (unpaired) electrons. The van der Waals surface area contributed by atoms with Crippen LogP contribution in [0.4, 0.5) is 5.69 Å². The molecule has 0 saturated heterocycles. The van der Waals surface area contributed by atoms with E-state index in [1.807, 2.05) is 12.6 Å². The number of nitrogen functional groups attached to an aromatic ring is 1. The summed E-state index contributed by atoms with van der Waals surface area (Å²) in [5.41, 5.74) is 9.47. The van der Waals surface area contributed by atoms with Crippen LogP contribution in [0.5, 0.6) is 0 Å². The van der Waals surface area contributed by atoms with Crippen LogP contribution in [0.2, 0.25) is 0 Å². The van der Waals surface area contributed by atoms with Crippen LogP contribution in [-0.2, 0) is 12.8 Å². The fourth-order valence-electron chi connectivity index (χ4n) is 1.94. The maximum absolute atomic E-state index is 5.77. The highest BCUT2D eigenvalue weighted by Gasteiger charge is 2.12. The Morgan fingerprint density at radius 2 is 1.93 bits per heavy atom. The third-order valence-corrected chi connectivity index (χ3v) is 2.83. The Bertz CT molecular complexity index is 320. The molecule has 2 N–H and O–H groups in total. The third kappa shape index (κ3) is 1.90. The summed E-state index contributed by atoms with van der Waals surface area (Å²) in [5.74, 6) is 0. The van der Waals surface area contributed by atoms with Crippen molar-refractivity contribution in [3.8, 4) is 0 Å². The van der Waals surface area contributed by atoms with Crippen LogP contribution in [0.15, 0.2) is 18.2 Å². The van der Waals surface area contributed by atoms with E-state index in [9.17, 15) is 0 Å². The summed E-state index contributed by atoms with van der Waals surface area (Å²) in [6, 6.07) is 6.24. The molecule has 1 aromatic rings. The zero-order chi connectivity index (χ0) is 9.97. The highest BCUT2D eigenvalue weighted by Crippen LogP contribution is 2.18. The van der Waals surface area contributed by atoms with E-state index < -0.39 is 0 Å². The maximum Gasteiger partial charge on any atom is 0.0316 e. The number of fused-ring (bicyclic) bond motifs is 1. The lowest BCUT2D eigenvalue weighted by molar-refractivity contribution is 0.364. The second kappa shape index (κ2) is 4.01. The quantitative estimate of drug-likeness (QED) is 0.679. The minimum Gasteiger partial charge on any atom is -0.399 e. The molecule has 1 aliphatic rings. The Hall–Kier alpha value is -1.02. The molecule has 1 aliphatic heterocycles. The Balaban J connectivity index is 2.21. The van der Waals surface area contributed by atoms with Gasteiger partial charge in [0.2, 0.25) is 0 Å². The van der Waals surface area contributed by atoms with Crippen molar-refractivity contribution in [1.29, 1.82) is 0 Å². The SMILES string of the molecule is [CH2][CH]N1CCc2ccc(N)cc2CC1. The number of benzene rings is 1. The van der Waals surface area contributed by atoms with Crippen LogP contribution < -0.4 is 5.73 Å². The normalized spacial score (nSPS) is 17.5. The smallest absolute Gasteiger partial charge is 0.0316 e. The molecule has 74 valence electrons. The largest absolute Gasteiger partial charge is 0.399 e. The fraction of sp³-hybridized carbons (Fsp3) is 0.333. The predicted molar refractivity (Wildman–Crippen MR) is 59.5 cm³/mol. The number of rotatable bonds is 1. The first-order valence-corrected chi connectivity index (χ1v) is 5.03. The van der Waals surface area contributed by atoms with Crippen LogP contribution in [-0.4, -0.2) is 18.0 Å². The van der Waals surface area contributed by atoms with Gasteiger partial charge < -0.3 is 5.73 Å². The number of nitrogens with two attached hydrogens (primary N) is 1. The van der Waals surface area contributed by atoms with Crippen molar-refractivity contribution in [2.24, 2.45) is 0 Å². The van der Waals surface area contributed by atoms with E-state index in [0.29, 0.717) is 0 Å². The lowest BCUT2D eigenvalue weighted by Crippen LogP contribution is -2.22. The van der Waals surface area contributed by atoms with Crippen molar-refractivity contribution in [1.82, 2.24) is 4.90 Å². The van der Waals surface area contributed by atoms with Crippen LogP contribution in [0.3, 0.4) is 0 Å². The first kappa shape index (κ1) is 9.53. The van der Waals surface area contributed by atoms with Gasteiger partial charge in [-0.15, -0.1) is 0 Å². The average molecular weight is 188 g/mol. The molecule has 0 aromatic heterocycles. The average Bonchev–Trinajstić information content (AvgIpc) is 2.39. The monoisotopic (exact) mass is 188 g/mol. The molecule has 0 spiro atoms. The third-order valence-electron chi connectivity index (χ3n) is 2.83. The molecular formula is C12H16N2. The summed E-state index contributed by atoms with van der Waals surface area (Å²) in [7, 11) is 0. The van der Waals surface area contributed by atoms with E-state index in [1.165, 1.54) is 11.1 Å². The molecule has 1 heterocycles. The van der Waals surface area contributed by atoms with Gasteiger partial charge >= 0.3 is 0 Å². The van der Waals surface area contributed by atoms with Gasteiger partial charge in [0.05, 0.1) is 0 Å². The van der Waals surface area contributed by atoms with Crippen molar-refractivity contribution >= 4 is 5.69 Å². The molecule has 0 aliphatic carbocycles. The molecule has 0 fully saturated rings. The van der Waals surface area contributed by atoms with Crippen LogP contribution in [0.1, 0.15) is 11.1 Å². The Morgan fingerprint density at radius 1 is 1.21 bits per heavy atom. The summed E-state index contributed by atoms with van der Waals surface area (Å²) < 4.78 is 0. The summed E-state index contributed by atoms with van der Waals surface area (Å²) in [6.07, 6.45) is 2.17. The predicted octanol–water partition coefficient (Wildman–Crippen LogP) is 1.67. The highest BCUT2D eigenvalue weighted by molar-refractivity contribution is 5.45. The van der Waals surface area contributed by atoms with Crippen LogP contribution in [0, 0.1) is 13.5 Å². The molecule has 14 heavy (non-hydrogen) atoms. The molecule has 0 saturated carbocycles. The van der Waals surface area contributed by atoms with E-state index >= 15 is 0 Å². The van der Waals surface area contributed by atoms with Crippen LogP contribution >= 0.6 is 0 Å². The molecule has 2 rings (SSSR count). The van der Waals surface area contributed by atoms with E-state index in [-0.39, 0.29) is 0 Å². The van der Waals surface area contributed by atoms with E-state index in [1.54, 1.807) is 0 Å². The molecule has 0 bridgehead atoms. The summed E-state index contributed by atoms with van der Waals surface area (Å²) in [6.45, 7) is 7.86. The molecule has 0 amide bonds. The Kier molecular flexibility index (Phi) is 2.73. The fourth-order valence-corrected chi connectivity index (χ4v) is 1.94. The first-order chi connectivity index (χ1) is 6.79. The van der Waals surface area contributed by atoms with Crippen molar-refractivity contribution in [3.05, 3.63) is 42.8 Å². The van der Waals surface area contributed by atoms with Crippen LogP contribution in [0.25, 0.3) is 0 Å². The van der Waals surface area contributed by atoms with E-state index in [4.69, 9.17) is 5.73 Å². The Labute approximate surface area is 85.7 Å². The molecular weight excluding hydrogens is 172 g/mol. The molecule has 0 atom stereocenters. The van der Waals surface area contributed by atoms with Gasteiger partial charge in [0.1, 0.15) is 0 Å². The van der Waals surface area contributed by atoms with Gasteiger partial charge in [-0.2, -0.15) is 0 Å². The number of anilines is 1. The van der Waals surface area contributed by atoms with Gasteiger partial charge in [0.25, 0.3) is 0 Å².